The quantitative estimate of drug-likeness (QED) is 0.517. The summed E-state index contributed by atoms with van der Waals surface area (Å²) in [4.78, 5) is 5.00. The van der Waals surface area contributed by atoms with Gasteiger partial charge >= 0.3 is 6.18 Å². The van der Waals surface area contributed by atoms with Crippen LogP contribution in [0.25, 0.3) is 11.3 Å². The maximum Gasteiger partial charge on any atom is 0.417 e. The van der Waals surface area contributed by atoms with Gasteiger partial charge in [0.25, 0.3) is 0 Å². The van der Waals surface area contributed by atoms with E-state index in [-0.39, 0.29) is 6.07 Å². The van der Waals surface area contributed by atoms with Crippen LogP contribution in [-0.2, 0) is 16.2 Å². The Hall–Kier alpha value is -3.12. The number of halogens is 4. The molecule has 1 aliphatic heterocycles. The molecule has 7 nitrogen and oxygen atoms in total. The fourth-order valence-electron chi connectivity index (χ4n) is 4.13. The maximum absolute atomic E-state index is 13.4. The molecule has 4 rings (SSSR count). The van der Waals surface area contributed by atoms with Crippen molar-refractivity contribution >= 4 is 15.8 Å². The third-order valence-electron chi connectivity index (χ3n) is 6.10. The summed E-state index contributed by atoms with van der Waals surface area (Å²) in [6, 6.07) is 4.65. The number of hydrogen-bond acceptors (Lipinski definition) is 6. The van der Waals surface area contributed by atoms with Crippen LogP contribution in [0.5, 0.6) is 0 Å². The van der Waals surface area contributed by atoms with Crippen molar-refractivity contribution in [2.75, 3.05) is 18.0 Å². The summed E-state index contributed by atoms with van der Waals surface area (Å²) in [7, 11) is -4.51. The van der Waals surface area contributed by atoms with Crippen molar-refractivity contribution in [1.82, 2.24) is 19.9 Å². The molecule has 1 N–H and O–H groups in total. The molecule has 12 heteroatoms. The van der Waals surface area contributed by atoms with Crippen LogP contribution in [0.4, 0.5) is 23.4 Å². The van der Waals surface area contributed by atoms with Gasteiger partial charge in [-0.3, -0.25) is 4.98 Å². The van der Waals surface area contributed by atoms with Crippen LogP contribution in [0.3, 0.4) is 0 Å². The van der Waals surface area contributed by atoms with E-state index in [0.29, 0.717) is 43.9 Å². The molecule has 0 unspecified atom stereocenters. The molecule has 0 bridgehead atoms. The second-order valence-corrected chi connectivity index (χ2v) is 10.1. The molecule has 2 aromatic heterocycles. The van der Waals surface area contributed by atoms with Gasteiger partial charge in [-0.25, -0.2) is 17.5 Å². The molecule has 1 saturated heterocycles. The number of hydrogen-bond donors (Lipinski definition) is 1. The highest BCUT2D eigenvalue weighted by Gasteiger charge is 2.38. The Morgan fingerprint density at radius 3 is 2.29 bits per heavy atom. The predicted octanol–water partition coefficient (Wildman–Crippen LogP) is 4.26. The Morgan fingerprint density at radius 2 is 1.66 bits per heavy atom. The summed E-state index contributed by atoms with van der Waals surface area (Å²) in [6.45, 7) is 4.76. The molecule has 0 atom stereocenters. The van der Waals surface area contributed by atoms with Crippen LogP contribution in [0.1, 0.15) is 29.5 Å². The predicted molar refractivity (Wildman–Crippen MR) is 122 cm³/mol. The Morgan fingerprint density at radius 1 is 1.00 bits per heavy atom. The smallest absolute Gasteiger partial charge is 0.355 e. The standard InChI is InChI=1S/C23H23F4N5O2S/c1-14-15(2)22(30-29-21(14)16-5-9-28-10-6-16)32-11-7-18(8-12-32)31-35(33,34)20-4-3-17(24)13-19(20)23(25,26)27/h3-6,9-10,13,18,31H,7-8,11-12H2,1-2H3. The van der Waals surface area contributed by atoms with Gasteiger partial charge in [-0.2, -0.15) is 13.2 Å². The van der Waals surface area contributed by atoms with Crippen molar-refractivity contribution in [3.63, 3.8) is 0 Å². The van der Waals surface area contributed by atoms with Crippen molar-refractivity contribution in [2.45, 2.75) is 43.8 Å². The van der Waals surface area contributed by atoms with Gasteiger partial charge in [0.2, 0.25) is 10.0 Å². The van der Waals surface area contributed by atoms with Crippen molar-refractivity contribution < 1.29 is 26.0 Å². The molecule has 3 aromatic rings. The molecule has 0 saturated carbocycles. The minimum atomic E-state index is -5.01. The molecule has 1 fully saturated rings. The maximum atomic E-state index is 13.4. The zero-order chi connectivity index (χ0) is 25.4. The lowest BCUT2D eigenvalue weighted by Crippen LogP contribution is -2.45. The van der Waals surface area contributed by atoms with Gasteiger partial charge < -0.3 is 4.90 Å². The van der Waals surface area contributed by atoms with Crippen LogP contribution >= 0.6 is 0 Å². The van der Waals surface area contributed by atoms with E-state index in [9.17, 15) is 26.0 Å². The van der Waals surface area contributed by atoms with E-state index < -0.39 is 38.5 Å². The van der Waals surface area contributed by atoms with Crippen LogP contribution in [0.15, 0.2) is 47.6 Å². The highest BCUT2D eigenvalue weighted by molar-refractivity contribution is 7.89. The number of aromatic nitrogens is 3. The first-order chi connectivity index (χ1) is 16.5. The molecule has 0 amide bonds. The molecule has 3 heterocycles. The number of piperidine rings is 1. The van der Waals surface area contributed by atoms with Gasteiger partial charge in [0, 0.05) is 37.1 Å². The summed E-state index contributed by atoms with van der Waals surface area (Å²) in [5.41, 5.74) is 2.01. The summed E-state index contributed by atoms with van der Waals surface area (Å²) in [5.74, 6) is -0.481. The number of rotatable bonds is 5. The monoisotopic (exact) mass is 509 g/mol. The van der Waals surface area contributed by atoms with Crippen molar-refractivity contribution in [3.05, 3.63) is 65.2 Å². The highest BCUT2D eigenvalue weighted by atomic mass is 32.2. The van der Waals surface area contributed by atoms with Gasteiger partial charge in [-0.05, 0) is 68.1 Å². The van der Waals surface area contributed by atoms with E-state index in [1.165, 1.54) is 0 Å². The van der Waals surface area contributed by atoms with Gasteiger partial charge in [0.05, 0.1) is 16.2 Å². The summed E-state index contributed by atoms with van der Waals surface area (Å²) >= 11 is 0. The average molecular weight is 510 g/mol. The molecule has 0 aliphatic carbocycles. The van der Waals surface area contributed by atoms with Crippen molar-refractivity contribution in [2.24, 2.45) is 0 Å². The fourth-order valence-corrected chi connectivity index (χ4v) is 5.64. The van der Waals surface area contributed by atoms with Crippen molar-refractivity contribution in [3.8, 4) is 11.3 Å². The lowest BCUT2D eigenvalue weighted by Gasteiger charge is -2.34. The zero-order valence-corrected chi connectivity index (χ0v) is 19.8. The number of benzene rings is 1. The van der Waals surface area contributed by atoms with Gasteiger partial charge in [-0.15, -0.1) is 10.2 Å². The largest absolute Gasteiger partial charge is 0.417 e. The minimum Gasteiger partial charge on any atom is -0.355 e. The van der Waals surface area contributed by atoms with Gasteiger partial charge in [0.15, 0.2) is 5.82 Å². The summed E-state index contributed by atoms with van der Waals surface area (Å²) < 4.78 is 81.1. The van der Waals surface area contributed by atoms with E-state index in [2.05, 4.69) is 19.9 Å². The first-order valence-electron chi connectivity index (χ1n) is 10.9. The fraction of sp³-hybridized carbons (Fsp3) is 0.348. The molecular formula is C23H23F4N5O2S. The molecule has 186 valence electrons. The molecule has 35 heavy (non-hydrogen) atoms. The van der Waals surface area contributed by atoms with Crippen LogP contribution in [-0.4, -0.2) is 42.7 Å². The topological polar surface area (TPSA) is 88.1 Å². The molecular weight excluding hydrogens is 486 g/mol. The second kappa shape index (κ2) is 9.50. The molecule has 0 radical (unpaired) electrons. The highest BCUT2D eigenvalue weighted by Crippen LogP contribution is 2.35. The number of nitrogens with one attached hydrogen (secondary N) is 1. The number of nitrogens with zero attached hydrogens (tertiary/aromatic N) is 4. The number of anilines is 1. The number of alkyl halides is 3. The van der Waals surface area contributed by atoms with E-state index in [1.54, 1.807) is 12.4 Å². The molecule has 1 aromatic carbocycles. The number of sulfonamides is 1. The van der Waals surface area contributed by atoms with Crippen LogP contribution < -0.4 is 9.62 Å². The Balaban J connectivity index is 1.48. The number of pyridine rings is 1. The van der Waals surface area contributed by atoms with E-state index >= 15 is 0 Å². The van der Waals surface area contributed by atoms with E-state index in [0.717, 1.165) is 22.4 Å². The third-order valence-corrected chi connectivity index (χ3v) is 7.68. The van der Waals surface area contributed by atoms with Gasteiger partial charge in [-0.1, -0.05) is 0 Å². The van der Waals surface area contributed by atoms with E-state index in [1.807, 2.05) is 30.9 Å². The van der Waals surface area contributed by atoms with E-state index in [4.69, 9.17) is 0 Å². The lowest BCUT2D eigenvalue weighted by atomic mass is 10.0. The lowest BCUT2D eigenvalue weighted by molar-refractivity contribution is -0.140. The SMILES string of the molecule is Cc1c(-c2ccncc2)nnc(N2CCC(NS(=O)(=O)c3ccc(F)cc3C(F)(F)F)CC2)c1C. The Kier molecular flexibility index (Phi) is 6.78. The normalized spacial score (nSPS) is 15.4. The summed E-state index contributed by atoms with van der Waals surface area (Å²) in [6.07, 6.45) is -0.946. The van der Waals surface area contributed by atoms with Crippen molar-refractivity contribution in [1.29, 1.82) is 0 Å². The second-order valence-electron chi connectivity index (χ2n) is 8.38. The van der Waals surface area contributed by atoms with Gasteiger partial charge in [0.1, 0.15) is 5.82 Å². The zero-order valence-electron chi connectivity index (χ0n) is 19.0. The first kappa shape index (κ1) is 25.0. The summed E-state index contributed by atoms with van der Waals surface area (Å²) in [5, 5.41) is 8.76. The Labute approximate surface area is 200 Å². The third kappa shape index (κ3) is 5.27. The first-order valence-corrected chi connectivity index (χ1v) is 12.3. The average Bonchev–Trinajstić information content (AvgIpc) is 2.81. The minimum absolute atomic E-state index is 0.191. The van der Waals surface area contributed by atoms with Crippen LogP contribution in [0, 0.1) is 19.7 Å². The molecule has 1 aliphatic rings. The Bertz CT molecular complexity index is 1330. The van der Waals surface area contributed by atoms with Crippen LogP contribution in [0.2, 0.25) is 0 Å². The molecule has 0 spiro atoms.